The highest BCUT2D eigenvalue weighted by molar-refractivity contribution is 8.00. The predicted molar refractivity (Wildman–Crippen MR) is 115 cm³/mol. The molecule has 0 atom stereocenters. The molecule has 0 spiro atoms. The van der Waals surface area contributed by atoms with Gasteiger partial charge in [0.05, 0.1) is 16.3 Å². The number of fused-ring (bicyclic) bond motifs is 1. The summed E-state index contributed by atoms with van der Waals surface area (Å²) in [6.45, 7) is 3.76. The van der Waals surface area contributed by atoms with Crippen molar-refractivity contribution in [3.05, 3.63) is 47.5 Å². The van der Waals surface area contributed by atoms with Crippen LogP contribution in [-0.2, 0) is 19.6 Å². The predicted octanol–water partition coefficient (Wildman–Crippen LogP) is 2.63. The van der Waals surface area contributed by atoms with Crippen LogP contribution in [-0.4, -0.2) is 50.9 Å². The van der Waals surface area contributed by atoms with Crippen LogP contribution in [0.3, 0.4) is 0 Å². The lowest BCUT2D eigenvalue weighted by Crippen LogP contribution is -2.41. The summed E-state index contributed by atoms with van der Waals surface area (Å²) in [5, 5.41) is 2.81. The summed E-state index contributed by atoms with van der Waals surface area (Å²) in [5.41, 5.74) is 3.26. The van der Waals surface area contributed by atoms with Crippen LogP contribution in [0.2, 0.25) is 0 Å². The Kier molecular flexibility index (Phi) is 6.02. The summed E-state index contributed by atoms with van der Waals surface area (Å²) in [5.74, 6) is -0.388. The lowest BCUT2D eigenvalue weighted by molar-refractivity contribution is -0.120. The highest BCUT2D eigenvalue weighted by atomic mass is 32.2. The second-order valence-electron chi connectivity index (χ2n) is 7.03. The van der Waals surface area contributed by atoms with E-state index in [1.165, 1.54) is 42.9 Å². The number of nitrogens with one attached hydrogen (secondary N) is 1. The van der Waals surface area contributed by atoms with Crippen LogP contribution in [0.4, 0.5) is 11.4 Å². The lowest BCUT2D eigenvalue weighted by atomic mass is 10.1. The Balaban J connectivity index is 1.87. The molecule has 0 aromatic heterocycles. The number of carbonyl (C=O) groups excluding carboxylic acids is 2. The number of anilines is 2. The topological polar surface area (TPSA) is 86.8 Å². The lowest BCUT2D eigenvalue weighted by Gasteiger charge is -2.29. The van der Waals surface area contributed by atoms with E-state index in [4.69, 9.17) is 0 Å². The molecular formula is C20H23N3O4S2. The number of carbonyl (C=O) groups is 2. The molecular weight excluding hydrogens is 410 g/mol. The van der Waals surface area contributed by atoms with Crippen molar-refractivity contribution in [2.75, 3.05) is 36.6 Å². The third-order valence-electron chi connectivity index (χ3n) is 4.74. The van der Waals surface area contributed by atoms with Gasteiger partial charge in [-0.15, -0.1) is 11.8 Å². The third kappa shape index (κ3) is 4.47. The fraction of sp³-hybridized carbons (Fsp3) is 0.300. The van der Waals surface area contributed by atoms with Crippen molar-refractivity contribution in [2.45, 2.75) is 23.6 Å². The Morgan fingerprint density at radius 3 is 2.52 bits per heavy atom. The first-order valence-electron chi connectivity index (χ1n) is 8.96. The van der Waals surface area contributed by atoms with Crippen molar-refractivity contribution in [2.24, 2.45) is 0 Å². The standard InChI is InChI=1S/C20H23N3O4S2/c1-13-5-6-15(9-14(13)2)21-19(24)11-23-17-10-16(29(26,27)22(3)4)7-8-18(17)28-12-20(23)25/h5-10H,11-12H2,1-4H3,(H,21,24). The van der Waals surface area contributed by atoms with Crippen molar-refractivity contribution in [1.82, 2.24) is 4.31 Å². The first-order valence-corrected chi connectivity index (χ1v) is 11.4. The SMILES string of the molecule is Cc1ccc(NC(=O)CN2C(=O)CSc3ccc(S(=O)(=O)N(C)C)cc32)cc1C. The van der Waals surface area contributed by atoms with Crippen molar-refractivity contribution in [3.63, 3.8) is 0 Å². The fourth-order valence-electron chi connectivity index (χ4n) is 2.89. The van der Waals surface area contributed by atoms with Gasteiger partial charge < -0.3 is 10.2 Å². The molecule has 2 amide bonds. The minimum atomic E-state index is -3.65. The summed E-state index contributed by atoms with van der Waals surface area (Å²) >= 11 is 1.33. The smallest absolute Gasteiger partial charge is 0.244 e. The Morgan fingerprint density at radius 1 is 1.14 bits per heavy atom. The molecule has 29 heavy (non-hydrogen) atoms. The van der Waals surface area contributed by atoms with Crippen molar-refractivity contribution in [3.8, 4) is 0 Å². The molecule has 0 bridgehead atoms. The molecule has 0 saturated carbocycles. The zero-order valence-corrected chi connectivity index (χ0v) is 18.4. The van der Waals surface area contributed by atoms with Crippen LogP contribution in [0.25, 0.3) is 0 Å². The average Bonchev–Trinajstić information content (AvgIpc) is 2.66. The number of aryl methyl sites for hydroxylation is 2. The van der Waals surface area contributed by atoms with Crippen molar-refractivity contribution in [1.29, 1.82) is 0 Å². The van der Waals surface area contributed by atoms with Crippen molar-refractivity contribution < 1.29 is 18.0 Å². The van der Waals surface area contributed by atoms with Crippen LogP contribution in [0.1, 0.15) is 11.1 Å². The molecule has 0 radical (unpaired) electrons. The van der Waals surface area contributed by atoms with Gasteiger partial charge in [-0.2, -0.15) is 0 Å². The van der Waals surface area contributed by atoms with E-state index in [2.05, 4.69) is 5.32 Å². The molecule has 0 fully saturated rings. The summed E-state index contributed by atoms with van der Waals surface area (Å²) < 4.78 is 26.0. The molecule has 7 nitrogen and oxygen atoms in total. The van der Waals surface area contributed by atoms with Crippen LogP contribution >= 0.6 is 11.8 Å². The molecule has 1 aliphatic rings. The van der Waals surface area contributed by atoms with Gasteiger partial charge in [0, 0.05) is 24.7 Å². The van der Waals surface area contributed by atoms with E-state index in [-0.39, 0.29) is 29.0 Å². The molecule has 0 saturated heterocycles. The molecule has 9 heteroatoms. The molecule has 3 rings (SSSR count). The summed E-state index contributed by atoms with van der Waals surface area (Å²) in [7, 11) is -0.756. The van der Waals surface area contributed by atoms with E-state index in [1.54, 1.807) is 6.07 Å². The molecule has 154 valence electrons. The van der Waals surface area contributed by atoms with E-state index in [1.807, 2.05) is 32.0 Å². The average molecular weight is 434 g/mol. The Bertz CT molecular complexity index is 1080. The van der Waals surface area contributed by atoms with Gasteiger partial charge in [-0.05, 0) is 55.3 Å². The highest BCUT2D eigenvalue weighted by Gasteiger charge is 2.29. The number of hydrogen-bond acceptors (Lipinski definition) is 5. The number of hydrogen-bond donors (Lipinski definition) is 1. The number of thioether (sulfide) groups is 1. The van der Waals surface area contributed by atoms with E-state index >= 15 is 0 Å². The zero-order chi connectivity index (χ0) is 21.3. The maximum absolute atomic E-state index is 12.6. The second-order valence-corrected chi connectivity index (χ2v) is 10.2. The van der Waals surface area contributed by atoms with Gasteiger partial charge in [0.25, 0.3) is 0 Å². The molecule has 1 N–H and O–H groups in total. The molecule has 0 unspecified atom stereocenters. The minimum Gasteiger partial charge on any atom is -0.325 e. The molecule has 2 aromatic rings. The monoisotopic (exact) mass is 433 g/mol. The first-order chi connectivity index (χ1) is 13.6. The quantitative estimate of drug-likeness (QED) is 0.783. The number of benzene rings is 2. The third-order valence-corrected chi connectivity index (χ3v) is 7.60. The first kappa shape index (κ1) is 21.4. The van der Waals surface area contributed by atoms with Gasteiger partial charge >= 0.3 is 0 Å². The number of amides is 2. The maximum atomic E-state index is 12.6. The maximum Gasteiger partial charge on any atom is 0.244 e. The van der Waals surface area contributed by atoms with Crippen molar-refractivity contribution >= 4 is 45.0 Å². The van der Waals surface area contributed by atoms with Gasteiger partial charge in [-0.1, -0.05) is 6.07 Å². The minimum absolute atomic E-state index is 0.0797. The summed E-state index contributed by atoms with van der Waals surface area (Å²) in [4.78, 5) is 27.3. The fourth-order valence-corrected chi connectivity index (χ4v) is 4.73. The molecule has 1 heterocycles. The van der Waals surface area contributed by atoms with Crippen LogP contribution in [0, 0.1) is 13.8 Å². The zero-order valence-electron chi connectivity index (χ0n) is 16.7. The van der Waals surface area contributed by atoms with Crippen LogP contribution in [0.15, 0.2) is 46.2 Å². The van der Waals surface area contributed by atoms with E-state index < -0.39 is 10.0 Å². The normalized spacial score (nSPS) is 14.1. The van der Waals surface area contributed by atoms with Crippen LogP contribution in [0.5, 0.6) is 0 Å². The van der Waals surface area contributed by atoms with Gasteiger partial charge in [0.15, 0.2) is 0 Å². The van der Waals surface area contributed by atoms with Gasteiger partial charge in [-0.3, -0.25) is 9.59 Å². The Hall–Kier alpha value is -2.36. The number of rotatable bonds is 5. The largest absolute Gasteiger partial charge is 0.325 e. The Labute approximate surface area is 175 Å². The van der Waals surface area contributed by atoms with Crippen LogP contribution < -0.4 is 10.2 Å². The van der Waals surface area contributed by atoms with Gasteiger partial charge in [0.2, 0.25) is 21.8 Å². The Morgan fingerprint density at radius 2 is 1.86 bits per heavy atom. The van der Waals surface area contributed by atoms with E-state index in [0.717, 1.165) is 20.3 Å². The van der Waals surface area contributed by atoms with E-state index in [9.17, 15) is 18.0 Å². The second kappa shape index (κ2) is 8.17. The molecule has 0 aliphatic carbocycles. The van der Waals surface area contributed by atoms with Gasteiger partial charge in [-0.25, -0.2) is 12.7 Å². The summed E-state index contributed by atoms with van der Waals surface area (Å²) in [6.07, 6.45) is 0. The molecule has 2 aromatic carbocycles. The van der Waals surface area contributed by atoms with Gasteiger partial charge in [0.1, 0.15) is 6.54 Å². The summed E-state index contributed by atoms with van der Waals surface area (Å²) in [6, 6.07) is 10.3. The highest BCUT2D eigenvalue weighted by Crippen LogP contribution is 2.37. The van der Waals surface area contributed by atoms with E-state index in [0.29, 0.717) is 11.4 Å². The number of nitrogens with zero attached hydrogens (tertiary/aromatic N) is 2. The number of sulfonamides is 1. The molecule has 1 aliphatic heterocycles.